The lowest BCUT2D eigenvalue weighted by atomic mass is 10.2. The fourth-order valence-corrected chi connectivity index (χ4v) is 2.93. The molecular weight excluding hydrogens is 396 g/mol. The number of rotatable bonds is 11. The maximum atomic E-state index is 11.8. The average Bonchev–Trinajstić information content (AvgIpc) is 3.18. The van der Waals surface area contributed by atoms with Gasteiger partial charge in [-0.15, -0.1) is 0 Å². The Bertz CT molecular complexity index is 765. The minimum absolute atomic E-state index is 0.0154. The average molecular weight is 420 g/mol. The SMILES string of the molecule is CC(CN1C(=O)C=CC1=O)OC(=O)CCCCC(=O)OCC(C)N1C(=O)C=CC1=O. The van der Waals surface area contributed by atoms with Crippen LogP contribution in [0.2, 0.25) is 0 Å². The molecule has 2 aliphatic heterocycles. The van der Waals surface area contributed by atoms with Crippen molar-refractivity contribution in [2.75, 3.05) is 13.2 Å². The normalized spacial score (nSPS) is 17.7. The molecule has 0 aromatic heterocycles. The van der Waals surface area contributed by atoms with Gasteiger partial charge in [0.25, 0.3) is 23.6 Å². The highest BCUT2D eigenvalue weighted by Gasteiger charge is 2.29. The van der Waals surface area contributed by atoms with E-state index in [1.165, 1.54) is 12.2 Å². The van der Waals surface area contributed by atoms with Gasteiger partial charge in [-0.1, -0.05) is 0 Å². The zero-order valence-electron chi connectivity index (χ0n) is 16.9. The highest BCUT2D eigenvalue weighted by Crippen LogP contribution is 2.11. The van der Waals surface area contributed by atoms with Crippen LogP contribution in [0.1, 0.15) is 39.5 Å². The second kappa shape index (κ2) is 10.5. The topological polar surface area (TPSA) is 127 Å². The monoisotopic (exact) mass is 420 g/mol. The number of amides is 4. The summed E-state index contributed by atoms with van der Waals surface area (Å²) in [5.74, 6) is -2.74. The molecule has 10 heteroatoms. The number of hydrogen-bond donors (Lipinski definition) is 0. The lowest BCUT2D eigenvalue weighted by molar-refractivity contribution is -0.153. The highest BCUT2D eigenvalue weighted by atomic mass is 16.5. The summed E-state index contributed by atoms with van der Waals surface area (Å²) in [6.45, 7) is 3.08. The first-order valence-corrected chi connectivity index (χ1v) is 9.63. The van der Waals surface area contributed by atoms with Crippen LogP contribution in [0.25, 0.3) is 0 Å². The number of unbranched alkanes of at least 4 members (excludes halogenated alkanes) is 1. The number of carbonyl (C=O) groups is 6. The molecule has 2 rings (SSSR count). The van der Waals surface area contributed by atoms with Gasteiger partial charge in [-0.25, -0.2) is 0 Å². The molecular formula is C20H24N2O8. The van der Waals surface area contributed by atoms with Crippen LogP contribution in [0.4, 0.5) is 0 Å². The van der Waals surface area contributed by atoms with Crippen molar-refractivity contribution < 1.29 is 38.2 Å². The van der Waals surface area contributed by atoms with Gasteiger partial charge in [-0.05, 0) is 26.7 Å². The summed E-state index contributed by atoms with van der Waals surface area (Å²) in [5.41, 5.74) is 0. The molecule has 30 heavy (non-hydrogen) atoms. The minimum Gasteiger partial charge on any atom is -0.463 e. The first-order valence-electron chi connectivity index (χ1n) is 9.63. The molecule has 0 spiro atoms. The van der Waals surface area contributed by atoms with Crippen molar-refractivity contribution in [2.45, 2.75) is 51.7 Å². The summed E-state index contributed by atoms with van der Waals surface area (Å²) in [7, 11) is 0. The smallest absolute Gasteiger partial charge is 0.306 e. The second-order valence-corrected chi connectivity index (χ2v) is 7.04. The maximum Gasteiger partial charge on any atom is 0.306 e. The molecule has 0 aromatic rings. The van der Waals surface area contributed by atoms with Crippen LogP contribution >= 0.6 is 0 Å². The van der Waals surface area contributed by atoms with Crippen molar-refractivity contribution in [3.63, 3.8) is 0 Å². The van der Waals surface area contributed by atoms with E-state index in [2.05, 4.69) is 0 Å². The molecule has 0 bridgehead atoms. The standard InChI is InChI=1S/C20H24N2O8/c1-13(22-17(25)9-10-18(22)26)12-29-19(27)5-3-4-6-20(28)30-14(2)11-21-15(23)7-8-16(21)24/h7-10,13-14H,3-6,11-12H2,1-2H3. The van der Waals surface area contributed by atoms with Crippen molar-refractivity contribution >= 4 is 35.6 Å². The molecule has 2 atom stereocenters. The number of esters is 2. The van der Waals surface area contributed by atoms with E-state index in [1.807, 2.05) is 0 Å². The largest absolute Gasteiger partial charge is 0.463 e. The molecule has 0 saturated carbocycles. The fourth-order valence-electron chi connectivity index (χ4n) is 2.93. The lowest BCUT2D eigenvalue weighted by Crippen LogP contribution is -2.41. The van der Waals surface area contributed by atoms with E-state index in [4.69, 9.17) is 9.47 Å². The second-order valence-electron chi connectivity index (χ2n) is 7.04. The van der Waals surface area contributed by atoms with E-state index in [0.717, 1.165) is 22.0 Å². The maximum absolute atomic E-state index is 11.8. The van der Waals surface area contributed by atoms with Gasteiger partial charge < -0.3 is 9.47 Å². The van der Waals surface area contributed by atoms with Gasteiger partial charge in [-0.2, -0.15) is 0 Å². The summed E-state index contributed by atoms with van der Waals surface area (Å²) in [6.07, 6.45) is 4.97. The van der Waals surface area contributed by atoms with Crippen molar-refractivity contribution in [1.29, 1.82) is 0 Å². The van der Waals surface area contributed by atoms with Gasteiger partial charge in [0.1, 0.15) is 12.7 Å². The summed E-state index contributed by atoms with van der Waals surface area (Å²) in [5, 5.41) is 0. The molecule has 0 aliphatic carbocycles. The van der Waals surface area contributed by atoms with Gasteiger partial charge in [0.15, 0.2) is 0 Å². The number of imide groups is 2. The van der Waals surface area contributed by atoms with E-state index >= 15 is 0 Å². The van der Waals surface area contributed by atoms with E-state index in [-0.39, 0.29) is 26.0 Å². The van der Waals surface area contributed by atoms with Crippen LogP contribution in [0, 0.1) is 0 Å². The fraction of sp³-hybridized carbons (Fsp3) is 0.500. The van der Waals surface area contributed by atoms with Crippen LogP contribution in [0.15, 0.2) is 24.3 Å². The molecule has 0 saturated heterocycles. The van der Waals surface area contributed by atoms with Crippen molar-refractivity contribution in [3.05, 3.63) is 24.3 Å². The number of nitrogens with zero attached hydrogens (tertiary/aromatic N) is 2. The molecule has 0 radical (unpaired) electrons. The third-order valence-electron chi connectivity index (χ3n) is 4.45. The van der Waals surface area contributed by atoms with Crippen molar-refractivity contribution in [3.8, 4) is 0 Å². The summed E-state index contributed by atoms with van der Waals surface area (Å²) >= 11 is 0. The Labute approximate surface area is 173 Å². The Balaban J connectivity index is 1.57. The zero-order valence-corrected chi connectivity index (χ0v) is 16.9. The quantitative estimate of drug-likeness (QED) is 0.265. The van der Waals surface area contributed by atoms with Gasteiger partial charge in [0.05, 0.1) is 12.6 Å². The Hall–Kier alpha value is -3.30. The Morgan fingerprint density at radius 3 is 1.90 bits per heavy atom. The van der Waals surface area contributed by atoms with Crippen LogP contribution < -0.4 is 0 Å². The van der Waals surface area contributed by atoms with Crippen LogP contribution in [0.3, 0.4) is 0 Å². The predicted molar refractivity (Wildman–Crippen MR) is 101 cm³/mol. The molecule has 0 fully saturated rings. The highest BCUT2D eigenvalue weighted by molar-refractivity contribution is 6.13. The molecule has 162 valence electrons. The summed E-state index contributed by atoms with van der Waals surface area (Å²) in [4.78, 5) is 71.7. The van der Waals surface area contributed by atoms with Gasteiger partial charge in [0.2, 0.25) is 0 Å². The first kappa shape index (κ1) is 23.0. The third-order valence-corrected chi connectivity index (χ3v) is 4.45. The van der Waals surface area contributed by atoms with E-state index in [9.17, 15) is 28.8 Å². The van der Waals surface area contributed by atoms with Crippen LogP contribution in [-0.4, -0.2) is 70.7 Å². The Kier molecular flexibility index (Phi) is 8.02. The molecule has 2 unspecified atom stereocenters. The first-order chi connectivity index (χ1) is 14.2. The molecule has 0 aromatic carbocycles. The van der Waals surface area contributed by atoms with E-state index < -0.39 is 47.7 Å². The van der Waals surface area contributed by atoms with Crippen molar-refractivity contribution in [2.24, 2.45) is 0 Å². The molecule has 2 aliphatic rings. The van der Waals surface area contributed by atoms with Gasteiger partial charge in [0, 0.05) is 37.1 Å². The molecule has 10 nitrogen and oxygen atoms in total. The van der Waals surface area contributed by atoms with Crippen LogP contribution in [-0.2, 0) is 38.2 Å². The number of hydrogen-bond acceptors (Lipinski definition) is 8. The number of ether oxygens (including phenoxy) is 2. The molecule has 4 amide bonds. The van der Waals surface area contributed by atoms with E-state index in [0.29, 0.717) is 12.8 Å². The van der Waals surface area contributed by atoms with Crippen LogP contribution in [0.5, 0.6) is 0 Å². The Morgan fingerprint density at radius 2 is 1.33 bits per heavy atom. The molecule has 0 N–H and O–H groups in total. The summed E-state index contributed by atoms with van der Waals surface area (Å²) in [6, 6.07) is -0.565. The zero-order chi connectivity index (χ0) is 22.3. The number of carbonyl (C=O) groups excluding carboxylic acids is 6. The van der Waals surface area contributed by atoms with E-state index in [1.54, 1.807) is 13.8 Å². The third kappa shape index (κ3) is 6.36. The lowest BCUT2D eigenvalue weighted by Gasteiger charge is -2.21. The van der Waals surface area contributed by atoms with Gasteiger partial charge in [-0.3, -0.25) is 38.6 Å². The predicted octanol–water partition coefficient (Wildman–Crippen LogP) is 0.260. The van der Waals surface area contributed by atoms with Gasteiger partial charge >= 0.3 is 11.9 Å². The summed E-state index contributed by atoms with van der Waals surface area (Å²) < 4.78 is 10.2. The Morgan fingerprint density at radius 1 is 0.833 bits per heavy atom. The molecule has 2 heterocycles. The van der Waals surface area contributed by atoms with Crippen molar-refractivity contribution in [1.82, 2.24) is 9.80 Å². The minimum atomic E-state index is -0.637.